The number of hydrogen-bond acceptors (Lipinski definition) is 6. The monoisotopic (exact) mass is 361 g/mol. The van der Waals surface area contributed by atoms with E-state index in [4.69, 9.17) is 5.73 Å². The fourth-order valence-corrected chi connectivity index (χ4v) is 2.61. The molecule has 0 aromatic carbocycles. The standard InChI is InChI=1S/C13H18F3N7S/c14-13(15,16)8-21-11(17)22-10-3-4-20-12(23-10)24-7-1-2-9-18-5-6-19-9/h3-4H,1-2,5-8H2,(H,18,19)(H3,17,20,21,22,23). The maximum absolute atomic E-state index is 12.1. The van der Waals surface area contributed by atoms with E-state index < -0.39 is 12.7 Å². The molecule has 0 radical (unpaired) electrons. The highest BCUT2D eigenvalue weighted by Gasteiger charge is 2.26. The van der Waals surface area contributed by atoms with E-state index in [0.29, 0.717) is 11.0 Å². The first-order chi connectivity index (χ1) is 11.4. The van der Waals surface area contributed by atoms with Crippen LogP contribution in [0.2, 0.25) is 0 Å². The number of anilines is 1. The molecule has 7 nitrogen and oxygen atoms in total. The smallest absolute Gasteiger partial charge is 0.372 e. The van der Waals surface area contributed by atoms with Crippen molar-refractivity contribution in [3.05, 3.63) is 12.3 Å². The van der Waals surface area contributed by atoms with Crippen molar-refractivity contribution in [2.24, 2.45) is 15.7 Å². The minimum absolute atomic E-state index is 0.303. The molecule has 0 bridgehead atoms. The van der Waals surface area contributed by atoms with Gasteiger partial charge in [-0.15, -0.1) is 0 Å². The summed E-state index contributed by atoms with van der Waals surface area (Å²) in [5.41, 5.74) is 5.41. The number of hydrogen-bond donors (Lipinski definition) is 3. The molecular weight excluding hydrogens is 343 g/mol. The molecule has 1 aromatic rings. The van der Waals surface area contributed by atoms with Gasteiger partial charge in [-0.25, -0.2) is 15.0 Å². The second-order valence-electron chi connectivity index (χ2n) is 4.87. The summed E-state index contributed by atoms with van der Waals surface area (Å²) in [5, 5.41) is 6.24. The number of amidine groups is 1. The van der Waals surface area contributed by atoms with Gasteiger partial charge in [0.05, 0.1) is 12.4 Å². The van der Waals surface area contributed by atoms with Gasteiger partial charge in [0.2, 0.25) is 0 Å². The Balaban J connectivity index is 1.78. The first-order valence-electron chi connectivity index (χ1n) is 7.29. The quantitative estimate of drug-likeness (QED) is 0.224. The van der Waals surface area contributed by atoms with Crippen LogP contribution in [0.3, 0.4) is 0 Å². The second-order valence-corrected chi connectivity index (χ2v) is 5.94. The lowest BCUT2D eigenvalue weighted by atomic mass is 10.3. The zero-order valence-corrected chi connectivity index (χ0v) is 13.6. The van der Waals surface area contributed by atoms with Crippen molar-refractivity contribution in [1.82, 2.24) is 15.3 Å². The third kappa shape index (κ3) is 7.02. The van der Waals surface area contributed by atoms with Crippen molar-refractivity contribution in [2.75, 3.05) is 30.7 Å². The lowest BCUT2D eigenvalue weighted by molar-refractivity contribution is -0.118. The Kier molecular flexibility index (Phi) is 6.64. The van der Waals surface area contributed by atoms with Gasteiger partial charge in [0.1, 0.15) is 12.4 Å². The SMILES string of the molecule is NC(=NCC(F)(F)F)Nc1ccnc(SCCCC2=NCCN2)n1. The number of thioether (sulfide) groups is 1. The van der Waals surface area contributed by atoms with Gasteiger partial charge in [-0.2, -0.15) is 13.2 Å². The van der Waals surface area contributed by atoms with Crippen molar-refractivity contribution < 1.29 is 13.2 Å². The Morgan fingerprint density at radius 3 is 3.00 bits per heavy atom. The van der Waals surface area contributed by atoms with Crippen molar-refractivity contribution in [3.8, 4) is 0 Å². The predicted octanol–water partition coefficient (Wildman–Crippen LogP) is 1.64. The molecule has 0 atom stereocenters. The van der Waals surface area contributed by atoms with Gasteiger partial charge in [-0.05, 0) is 12.5 Å². The number of alkyl halides is 3. The van der Waals surface area contributed by atoms with Crippen LogP contribution in [0.5, 0.6) is 0 Å². The Morgan fingerprint density at radius 2 is 2.29 bits per heavy atom. The molecule has 1 aliphatic rings. The number of aromatic nitrogens is 2. The van der Waals surface area contributed by atoms with Crippen molar-refractivity contribution in [3.63, 3.8) is 0 Å². The van der Waals surface area contributed by atoms with Crippen molar-refractivity contribution >= 4 is 29.4 Å². The highest BCUT2D eigenvalue weighted by atomic mass is 32.2. The van der Waals surface area contributed by atoms with Gasteiger partial charge in [0, 0.05) is 24.9 Å². The first-order valence-corrected chi connectivity index (χ1v) is 8.28. The zero-order valence-electron chi connectivity index (χ0n) is 12.8. The molecular formula is C13H18F3N7S. The molecule has 24 heavy (non-hydrogen) atoms. The van der Waals surface area contributed by atoms with Gasteiger partial charge < -0.3 is 16.4 Å². The fourth-order valence-electron chi connectivity index (χ4n) is 1.84. The molecule has 0 fully saturated rings. The topological polar surface area (TPSA) is 101 Å². The molecule has 0 aliphatic carbocycles. The summed E-state index contributed by atoms with van der Waals surface area (Å²) in [6, 6.07) is 1.51. The normalized spacial score (nSPS) is 15.1. The van der Waals surface area contributed by atoms with Gasteiger partial charge in [-0.1, -0.05) is 11.8 Å². The van der Waals surface area contributed by atoms with E-state index in [1.807, 2.05) is 0 Å². The van der Waals surface area contributed by atoms with E-state index in [-0.39, 0.29) is 5.96 Å². The largest absolute Gasteiger partial charge is 0.408 e. The molecule has 4 N–H and O–H groups in total. The summed E-state index contributed by atoms with van der Waals surface area (Å²) in [6.45, 7) is 0.393. The summed E-state index contributed by atoms with van der Waals surface area (Å²) in [4.78, 5) is 15.8. The Hall–Kier alpha value is -2.04. The van der Waals surface area contributed by atoms with Crippen LogP contribution in [0.25, 0.3) is 0 Å². The summed E-state index contributed by atoms with van der Waals surface area (Å²) >= 11 is 1.46. The first kappa shape index (κ1) is 18.3. The van der Waals surface area contributed by atoms with Gasteiger partial charge >= 0.3 is 6.18 Å². The van der Waals surface area contributed by atoms with E-state index in [2.05, 4.69) is 30.6 Å². The number of nitrogens with zero attached hydrogens (tertiary/aromatic N) is 4. The van der Waals surface area contributed by atoms with Crippen LogP contribution >= 0.6 is 11.8 Å². The molecule has 0 spiro atoms. The summed E-state index contributed by atoms with van der Waals surface area (Å²) in [7, 11) is 0. The zero-order chi connectivity index (χ0) is 17.4. The summed E-state index contributed by atoms with van der Waals surface area (Å²) < 4.78 is 36.2. The Bertz CT molecular complexity index is 603. The number of halogens is 3. The molecule has 0 unspecified atom stereocenters. The third-order valence-corrected chi connectivity index (χ3v) is 3.80. The maximum atomic E-state index is 12.1. The maximum Gasteiger partial charge on any atom is 0.408 e. The highest BCUT2D eigenvalue weighted by Crippen LogP contribution is 2.17. The molecule has 2 rings (SSSR count). The average Bonchev–Trinajstić information content (AvgIpc) is 3.03. The third-order valence-electron chi connectivity index (χ3n) is 2.85. The highest BCUT2D eigenvalue weighted by molar-refractivity contribution is 7.99. The van der Waals surface area contributed by atoms with Gasteiger partial charge in [0.15, 0.2) is 11.1 Å². The Morgan fingerprint density at radius 1 is 1.46 bits per heavy atom. The predicted molar refractivity (Wildman–Crippen MR) is 88.5 cm³/mol. The minimum Gasteiger partial charge on any atom is -0.372 e. The molecule has 1 aromatic heterocycles. The number of aliphatic imine (C=N–C) groups is 2. The lowest BCUT2D eigenvalue weighted by Gasteiger charge is -2.07. The number of rotatable bonds is 7. The molecule has 132 valence electrons. The number of nitrogens with one attached hydrogen (secondary N) is 2. The van der Waals surface area contributed by atoms with E-state index in [1.165, 1.54) is 24.0 Å². The number of guanidine groups is 1. The minimum atomic E-state index is -4.39. The van der Waals surface area contributed by atoms with Crippen molar-refractivity contribution in [1.29, 1.82) is 0 Å². The van der Waals surface area contributed by atoms with E-state index in [0.717, 1.165) is 37.5 Å². The van der Waals surface area contributed by atoms with E-state index >= 15 is 0 Å². The molecule has 0 saturated heterocycles. The van der Waals surface area contributed by atoms with Crippen LogP contribution < -0.4 is 16.4 Å². The molecule has 0 saturated carbocycles. The van der Waals surface area contributed by atoms with Crippen LogP contribution in [0.15, 0.2) is 27.4 Å². The molecule has 11 heteroatoms. The lowest BCUT2D eigenvalue weighted by Crippen LogP contribution is -2.26. The van der Waals surface area contributed by atoms with Gasteiger partial charge in [-0.3, -0.25) is 4.99 Å². The Labute approximate surface area is 141 Å². The molecule has 0 amide bonds. The average molecular weight is 361 g/mol. The van der Waals surface area contributed by atoms with Crippen LogP contribution in [-0.2, 0) is 0 Å². The number of nitrogens with two attached hydrogens (primary N) is 1. The fraction of sp³-hybridized carbons (Fsp3) is 0.538. The van der Waals surface area contributed by atoms with E-state index in [1.54, 1.807) is 0 Å². The van der Waals surface area contributed by atoms with Crippen LogP contribution in [0.1, 0.15) is 12.8 Å². The molecule has 2 heterocycles. The van der Waals surface area contributed by atoms with Crippen molar-refractivity contribution in [2.45, 2.75) is 24.2 Å². The summed E-state index contributed by atoms with van der Waals surface area (Å²) in [6.07, 6.45) is -1.08. The second kappa shape index (κ2) is 8.71. The van der Waals surface area contributed by atoms with E-state index in [9.17, 15) is 13.2 Å². The summed E-state index contributed by atoms with van der Waals surface area (Å²) in [5.74, 6) is 1.80. The molecule has 1 aliphatic heterocycles. The van der Waals surface area contributed by atoms with Crippen LogP contribution in [0, 0.1) is 0 Å². The van der Waals surface area contributed by atoms with Crippen LogP contribution in [-0.4, -0.2) is 53.3 Å². The van der Waals surface area contributed by atoms with Gasteiger partial charge in [0.25, 0.3) is 0 Å². The van der Waals surface area contributed by atoms with Crippen LogP contribution in [0.4, 0.5) is 19.0 Å².